The third-order valence-corrected chi connectivity index (χ3v) is 4.00. The molecule has 0 saturated carbocycles. The van der Waals surface area contributed by atoms with Crippen molar-refractivity contribution in [2.24, 2.45) is 0 Å². The lowest BCUT2D eigenvalue weighted by Crippen LogP contribution is -2.33. The molecule has 1 aromatic rings. The molecule has 0 radical (unpaired) electrons. The van der Waals surface area contributed by atoms with Crippen LogP contribution in [0.15, 0.2) is 12.1 Å². The molecule has 1 amide bonds. The topological polar surface area (TPSA) is 88.2 Å². The van der Waals surface area contributed by atoms with Gasteiger partial charge in [-0.25, -0.2) is 18.1 Å². The van der Waals surface area contributed by atoms with Gasteiger partial charge in [0.25, 0.3) is 5.91 Å². The molecule has 19 heavy (non-hydrogen) atoms. The van der Waals surface area contributed by atoms with Gasteiger partial charge in [-0.1, -0.05) is 18.5 Å². The van der Waals surface area contributed by atoms with Crippen molar-refractivity contribution in [3.63, 3.8) is 0 Å². The SMILES string of the molecule is CCc1cc(C(=O)NCCS(=O)(=O)NC)cc(Cl)n1. The number of carbonyl (C=O) groups is 1. The molecule has 6 nitrogen and oxygen atoms in total. The summed E-state index contributed by atoms with van der Waals surface area (Å²) >= 11 is 5.80. The molecule has 0 saturated heterocycles. The highest BCUT2D eigenvalue weighted by Crippen LogP contribution is 2.11. The molecule has 0 aliphatic carbocycles. The Morgan fingerprint density at radius 2 is 2.11 bits per heavy atom. The Labute approximate surface area is 117 Å². The number of pyridine rings is 1. The second kappa shape index (κ2) is 6.83. The van der Waals surface area contributed by atoms with E-state index in [1.807, 2.05) is 6.92 Å². The fourth-order valence-corrected chi connectivity index (χ4v) is 2.17. The Kier molecular flexibility index (Phi) is 5.71. The molecule has 0 atom stereocenters. The summed E-state index contributed by atoms with van der Waals surface area (Å²) in [6, 6.07) is 3.08. The first-order valence-corrected chi connectivity index (χ1v) is 7.77. The van der Waals surface area contributed by atoms with E-state index in [-0.39, 0.29) is 23.4 Å². The number of hydrogen-bond donors (Lipinski definition) is 2. The Hall–Kier alpha value is -1.18. The van der Waals surface area contributed by atoms with Crippen LogP contribution in [0, 0.1) is 0 Å². The van der Waals surface area contributed by atoms with Gasteiger partial charge in [0.1, 0.15) is 5.15 Å². The number of aromatic nitrogens is 1. The summed E-state index contributed by atoms with van der Waals surface area (Å²) in [6.45, 7) is 1.93. The maximum absolute atomic E-state index is 11.8. The summed E-state index contributed by atoms with van der Waals surface area (Å²) in [5, 5.41) is 2.77. The highest BCUT2D eigenvalue weighted by molar-refractivity contribution is 7.89. The van der Waals surface area contributed by atoms with Gasteiger partial charge in [-0.15, -0.1) is 0 Å². The van der Waals surface area contributed by atoms with Gasteiger partial charge < -0.3 is 5.32 Å². The monoisotopic (exact) mass is 305 g/mol. The number of sulfonamides is 1. The molecule has 1 rings (SSSR count). The highest BCUT2D eigenvalue weighted by atomic mass is 35.5. The van der Waals surface area contributed by atoms with Crippen LogP contribution in [0.2, 0.25) is 5.15 Å². The largest absolute Gasteiger partial charge is 0.351 e. The van der Waals surface area contributed by atoms with E-state index < -0.39 is 10.0 Å². The summed E-state index contributed by atoms with van der Waals surface area (Å²) in [7, 11) is -1.99. The Balaban J connectivity index is 2.66. The van der Waals surface area contributed by atoms with Gasteiger partial charge in [0, 0.05) is 17.8 Å². The Morgan fingerprint density at radius 3 is 2.68 bits per heavy atom. The number of amides is 1. The quantitative estimate of drug-likeness (QED) is 0.752. The smallest absolute Gasteiger partial charge is 0.251 e. The van der Waals surface area contributed by atoms with Crippen LogP contribution >= 0.6 is 11.6 Å². The van der Waals surface area contributed by atoms with Crippen LogP contribution in [0.5, 0.6) is 0 Å². The normalized spacial score (nSPS) is 11.3. The van der Waals surface area contributed by atoms with E-state index in [0.29, 0.717) is 17.7 Å². The minimum absolute atomic E-state index is 0.0312. The lowest BCUT2D eigenvalue weighted by atomic mass is 10.2. The molecule has 0 aromatic carbocycles. The fourth-order valence-electron chi connectivity index (χ4n) is 1.37. The molecule has 2 N–H and O–H groups in total. The molecule has 8 heteroatoms. The summed E-state index contributed by atoms with van der Waals surface area (Å²) in [6.07, 6.45) is 0.662. The summed E-state index contributed by atoms with van der Waals surface area (Å²) in [4.78, 5) is 15.9. The van der Waals surface area contributed by atoms with E-state index in [0.717, 1.165) is 0 Å². The van der Waals surface area contributed by atoms with Crippen molar-refractivity contribution < 1.29 is 13.2 Å². The van der Waals surface area contributed by atoms with Gasteiger partial charge in [0.15, 0.2) is 0 Å². The third kappa shape index (κ3) is 5.14. The number of nitrogens with zero attached hydrogens (tertiary/aromatic N) is 1. The predicted molar refractivity (Wildman–Crippen MR) is 73.8 cm³/mol. The molecule has 0 bridgehead atoms. The molecule has 0 aliphatic rings. The first-order valence-electron chi connectivity index (χ1n) is 5.74. The maximum atomic E-state index is 11.8. The first kappa shape index (κ1) is 15.9. The maximum Gasteiger partial charge on any atom is 0.251 e. The van der Waals surface area contributed by atoms with E-state index in [1.54, 1.807) is 6.07 Å². The Bertz CT molecular complexity index is 560. The zero-order valence-electron chi connectivity index (χ0n) is 10.7. The number of rotatable bonds is 6. The van der Waals surface area contributed by atoms with Gasteiger partial charge in [0.05, 0.1) is 5.75 Å². The van der Waals surface area contributed by atoms with Gasteiger partial charge in [-0.05, 0) is 25.6 Å². The number of carbonyl (C=O) groups excluding carboxylic acids is 1. The number of nitrogens with one attached hydrogen (secondary N) is 2. The van der Waals surface area contributed by atoms with Crippen molar-refractivity contribution in [2.45, 2.75) is 13.3 Å². The second-order valence-electron chi connectivity index (χ2n) is 3.80. The van der Waals surface area contributed by atoms with E-state index in [2.05, 4.69) is 15.0 Å². The van der Waals surface area contributed by atoms with Gasteiger partial charge in [-0.2, -0.15) is 0 Å². The van der Waals surface area contributed by atoms with Crippen molar-refractivity contribution in [3.05, 3.63) is 28.5 Å². The first-order chi connectivity index (χ1) is 8.88. The van der Waals surface area contributed by atoms with Crippen molar-refractivity contribution in [2.75, 3.05) is 19.3 Å². The van der Waals surface area contributed by atoms with Gasteiger partial charge in [-0.3, -0.25) is 4.79 Å². The van der Waals surface area contributed by atoms with Crippen molar-refractivity contribution in [1.29, 1.82) is 0 Å². The zero-order valence-corrected chi connectivity index (χ0v) is 12.3. The molecule has 1 aromatic heterocycles. The summed E-state index contributed by atoms with van der Waals surface area (Å²) in [5.74, 6) is -0.542. The van der Waals surface area contributed by atoms with Crippen LogP contribution in [-0.2, 0) is 16.4 Å². The molecule has 0 unspecified atom stereocenters. The second-order valence-corrected chi connectivity index (χ2v) is 6.24. The molecule has 0 spiro atoms. The minimum Gasteiger partial charge on any atom is -0.351 e. The third-order valence-electron chi connectivity index (χ3n) is 2.44. The van der Waals surface area contributed by atoms with Gasteiger partial charge in [0.2, 0.25) is 10.0 Å². The van der Waals surface area contributed by atoms with E-state index in [4.69, 9.17) is 11.6 Å². The standard InChI is InChI=1S/C11H16ClN3O3S/c1-3-9-6-8(7-10(12)15-9)11(16)14-4-5-19(17,18)13-2/h6-7,13H,3-5H2,1-2H3,(H,14,16). The van der Waals surface area contributed by atoms with Crippen LogP contribution < -0.4 is 10.0 Å². The van der Waals surface area contributed by atoms with Crippen LogP contribution in [0.1, 0.15) is 23.0 Å². The molecule has 106 valence electrons. The van der Waals surface area contributed by atoms with Crippen molar-refractivity contribution in [1.82, 2.24) is 15.0 Å². The number of halogens is 1. The molecule has 1 heterocycles. The number of aryl methyl sites for hydroxylation is 1. The molecule has 0 fully saturated rings. The molecule has 0 aliphatic heterocycles. The average Bonchev–Trinajstić information content (AvgIpc) is 2.37. The molecular weight excluding hydrogens is 290 g/mol. The van der Waals surface area contributed by atoms with Crippen LogP contribution in [0.4, 0.5) is 0 Å². The van der Waals surface area contributed by atoms with Crippen LogP contribution in [-0.4, -0.2) is 38.7 Å². The fraction of sp³-hybridized carbons (Fsp3) is 0.455. The number of hydrogen-bond acceptors (Lipinski definition) is 4. The lowest BCUT2D eigenvalue weighted by molar-refractivity contribution is 0.0956. The van der Waals surface area contributed by atoms with E-state index in [9.17, 15) is 13.2 Å². The zero-order chi connectivity index (χ0) is 14.5. The lowest BCUT2D eigenvalue weighted by Gasteiger charge is -2.07. The van der Waals surface area contributed by atoms with Crippen LogP contribution in [0.25, 0.3) is 0 Å². The highest BCUT2D eigenvalue weighted by Gasteiger charge is 2.11. The Morgan fingerprint density at radius 1 is 1.42 bits per heavy atom. The van der Waals surface area contributed by atoms with Crippen molar-refractivity contribution >= 4 is 27.5 Å². The van der Waals surface area contributed by atoms with E-state index in [1.165, 1.54) is 13.1 Å². The molecular formula is C11H16ClN3O3S. The predicted octanol–water partition coefficient (Wildman–Crippen LogP) is 0.576. The van der Waals surface area contributed by atoms with Crippen LogP contribution in [0.3, 0.4) is 0 Å². The minimum atomic E-state index is -3.32. The van der Waals surface area contributed by atoms with Gasteiger partial charge >= 0.3 is 0 Å². The van der Waals surface area contributed by atoms with Crippen molar-refractivity contribution in [3.8, 4) is 0 Å². The average molecular weight is 306 g/mol. The summed E-state index contributed by atoms with van der Waals surface area (Å²) < 4.78 is 24.5. The summed E-state index contributed by atoms with van der Waals surface area (Å²) in [5.41, 5.74) is 1.08. The van der Waals surface area contributed by atoms with E-state index >= 15 is 0 Å².